The maximum Gasteiger partial charge on any atom is 0.291 e. The number of fused-ring (bicyclic) bond motifs is 1. The summed E-state index contributed by atoms with van der Waals surface area (Å²) in [7, 11) is -3.30. The molecule has 0 spiro atoms. The predicted molar refractivity (Wildman–Crippen MR) is 92.3 cm³/mol. The lowest BCUT2D eigenvalue weighted by atomic mass is 9.83. The van der Waals surface area contributed by atoms with Gasteiger partial charge in [0.05, 0.1) is 29.3 Å². The molecule has 3 aliphatic rings. The molecule has 1 aromatic heterocycles. The Morgan fingerprint density at radius 2 is 1.69 bits per heavy atom. The number of oxazole rings is 1. The van der Waals surface area contributed by atoms with Crippen LogP contribution in [0.3, 0.4) is 0 Å². The number of sulfone groups is 1. The summed E-state index contributed by atoms with van der Waals surface area (Å²) >= 11 is 0. The fourth-order valence-electron chi connectivity index (χ4n) is 4.23. The molecule has 4 rings (SSSR count). The van der Waals surface area contributed by atoms with Gasteiger partial charge in [-0.15, -0.1) is 0 Å². The highest BCUT2D eigenvalue weighted by Crippen LogP contribution is 2.34. The van der Waals surface area contributed by atoms with Crippen LogP contribution in [0.1, 0.15) is 41.4 Å². The number of aryl methyl sites for hydroxylation is 2. The van der Waals surface area contributed by atoms with E-state index in [4.69, 9.17) is 4.42 Å². The summed E-state index contributed by atoms with van der Waals surface area (Å²) in [6, 6.07) is -0.981. The third-order valence-corrected chi connectivity index (χ3v) is 7.47. The summed E-state index contributed by atoms with van der Waals surface area (Å²) in [5.74, 6) is 0.0937. The van der Waals surface area contributed by atoms with Crippen molar-refractivity contribution in [2.45, 2.75) is 45.2 Å². The molecular weight excluding hydrogens is 358 g/mol. The molecule has 9 heteroatoms. The van der Waals surface area contributed by atoms with E-state index < -0.39 is 21.9 Å². The van der Waals surface area contributed by atoms with Gasteiger partial charge in [-0.2, -0.15) is 0 Å². The van der Waals surface area contributed by atoms with Crippen LogP contribution in [0, 0.1) is 19.8 Å². The van der Waals surface area contributed by atoms with Crippen molar-refractivity contribution in [3.8, 4) is 0 Å². The number of nitrogens with zero attached hydrogens (tertiary/aromatic N) is 3. The van der Waals surface area contributed by atoms with Crippen LogP contribution in [0.25, 0.3) is 0 Å². The van der Waals surface area contributed by atoms with Crippen molar-refractivity contribution in [1.29, 1.82) is 0 Å². The van der Waals surface area contributed by atoms with Gasteiger partial charge in [0.25, 0.3) is 5.91 Å². The van der Waals surface area contributed by atoms with Gasteiger partial charge in [-0.25, -0.2) is 13.4 Å². The van der Waals surface area contributed by atoms with Gasteiger partial charge in [0, 0.05) is 25.9 Å². The minimum atomic E-state index is -3.30. The Balaban J connectivity index is 1.62. The molecule has 0 N–H and O–H groups in total. The molecule has 142 valence electrons. The molecule has 2 aliphatic heterocycles. The van der Waals surface area contributed by atoms with Crippen molar-refractivity contribution in [3.63, 3.8) is 0 Å². The number of carbonyl (C=O) groups excluding carboxylic acids is 2. The Morgan fingerprint density at radius 3 is 2.23 bits per heavy atom. The maximum absolute atomic E-state index is 13.0. The van der Waals surface area contributed by atoms with E-state index in [0.717, 1.165) is 19.3 Å². The van der Waals surface area contributed by atoms with Crippen LogP contribution in [0.15, 0.2) is 4.42 Å². The van der Waals surface area contributed by atoms with Crippen LogP contribution in [0.4, 0.5) is 0 Å². The lowest BCUT2D eigenvalue weighted by Crippen LogP contribution is -2.63. The first-order valence-electron chi connectivity index (χ1n) is 9.03. The molecule has 2 atom stereocenters. The first-order valence-corrected chi connectivity index (χ1v) is 10.8. The monoisotopic (exact) mass is 381 g/mol. The van der Waals surface area contributed by atoms with E-state index in [1.165, 1.54) is 0 Å². The fourth-order valence-corrected chi connectivity index (χ4v) is 6.21. The van der Waals surface area contributed by atoms with E-state index in [-0.39, 0.29) is 35.0 Å². The Hall–Kier alpha value is -1.90. The highest BCUT2D eigenvalue weighted by atomic mass is 32.2. The van der Waals surface area contributed by atoms with Gasteiger partial charge in [-0.3, -0.25) is 9.59 Å². The zero-order chi connectivity index (χ0) is 18.6. The van der Waals surface area contributed by atoms with Gasteiger partial charge < -0.3 is 14.2 Å². The third kappa shape index (κ3) is 2.82. The van der Waals surface area contributed by atoms with Crippen LogP contribution in [-0.4, -0.2) is 71.7 Å². The molecule has 3 fully saturated rings. The van der Waals surface area contributed by atoms with Gasteiger partial charge in [0.15, 0.2) is 15.7 Å². The lowest BCUT2D eigenvalue weighted by Gasteiger charge is -2.45. The largest absolute Gasteiger partial charge is 0.436 e. The average Bonchev–Trinajstić information content (AvgIpc) is 3.00. The molecule has 1 aromatic rings. The molecule has 0 radical (unpaired) electrons. The van der Waals surface area contributed by atoms with Crippen LogP contribution < -0.4 is 0 Å². The van der Waals surface area contributed by atoms with Gasteiger partial charge in [-0.05, 0) is 19.8 Å². The molecule has 0 aromatic carbocycles. The smallest absolute Gasteiger partial charge is 0.291 e. The highest BCUT2D eigenvalue weighted by molar-refractivity contribution is 7.91. The Labute approximate surface area is 152 Å². The normalized spacial score (nSPS) is 27.9. The van der Waals surface area contributed by atoms with Crippen molar-refractivity contribution >= 4 is 21.7 Å². The van der Waals surface area contributed by atoms with Crippen molar-refractivity contribution in [1.82, 2.24) is 14.8 Å². The summed E-state index contributed by atoms with van der Waals surface area (Å²) in [5.41, 5.74) is 0.498. The molecule has 2 amide bonds. The van der Waals surface area contributed by atoms with Crippen molar-refractivity contribution in [2.24, 2.45) is 5.92 Å². The molecule has 8 nitrogen and oxygen atoms in total. The number of hydrogen-bond acceptors (Lipinski definition) is 6. The van der Waals surface area contributed by atoms with Crippen molar-refractivity contribution < 1.29 is 22.4 Å². The second-order valence-corrected chi connectivity index (χ2v) is 9.67. The number of aromatic nitrogens is 1. The molecule has 1 saturated carbocycles. The van der Waals surface area contributed by atoms with E-state index >= 15 is 0 Å². The first-order chi connectivity index (χ1) is 12.3. The molecular formula is C17H23N3O5S. The van der Waals surface area contributed by atoms with E-state index in [2.05, 4.69) is 4.98 Å². The predicted octanol–water partition coefficient (Wildman–Crippen LogP) is 0.542. The van der Waals surface area contributed by atoms with E-state index in [9.17, 15) is 18.0 Å². The number of rotatable bonds is 2. The van der Waals surface area contributed by atoms with Gasteiger partial charge in [-0.1, -0.05) is 6.42 Å². The van der Waals surface area contributed by atoms with Gasteiger partial charge in [0.1, 0.15) is 0 Å². The van der Waals surface area contributed by atoms with Crippen molar-refractivity contribution in [2.75, 3.05) is 24.6 Å². The minimum absolute atomic E-state index is 0.0142. The number of piperazine rings is 1. The molecule has 1 aliphatic carbocycles. The molecule has 3 heterocycles. The SMILES string of the molecule is Cc1nc(C)c(C(=O)N2CCN(C(=O)C3CCC3)[C@@H]3CS(=O)(=O)C[C@@H]32)o1. The fraction of sp³-hybridized carbons (Fsp3) is 0.706. The van der Waals surface area contributed by atoms with Crippen LogP contribution in [-0.2, 0) is 14.6 Å². The Bertz CT molecular complexity index is 858. The molecule has 0 bridgehead atoms. The van der Waals surface area contributed by atoms with E-state index in [1.54, 1.807) is 23.6 Å². The third-order valence-electron chi connectivity index (χ3n) is 5.77. The number of amides is 2. The zero-order valence-corrected chi connectivity index (χ0v) is 15.8. The maximum atomic E-state index is 13.0. The molecule has 26 heavy (non-hydrogen) atoms. The minimum Gasteiger partial charge on any atom is -0.436 e. The molecule has 0 unspecified atom stereocenters. The summed E-state index contributed by atoms with van der Waals surface area (Å²) in [6.07, 6.45) is 2.79. The Morgan fingerprint density at radius 1 is 1.08 bits per heavy atom. The standard InChI is InChI=1S/C17H23N3O5S/c1-10-15(25-11(2)18-10)17(22)20-7-6-19(16(21)12-4-3-5-12)13-8-26(23,24)9-14(13)20/h12-14H,3-9H2,1-2H3/t13-,14+/m1/s1. The van der Waals surface area contributed by atoms with E-state index in [0.29, 0.717) is 24.7 Å². The van der Waals surface area contributed by atoms with E-state index in [1.807, 2.05) is 0 Å². The lowest BCUT2D eigenvalue weighted by molar-refractivity contribution is -0.143. The zero-order valence-electron chi connectivity index (χ0n) is 15.0. The van der Waals surface area contributed by atoms with Crippen LogP contribution in [0.5, 0.6) is 0 Å². The second-order valence-electron chi connectivity index (χ2n) is 7.52. The number of carbonyl (C=O) groups is 2. The van der Waals surface area contributed by atoms with Crippen LogP contribution in [0.2, 0.25) is 0 Å². The highest BCUT2D eigenvalue weighted by Gasteiger charge is 2.51. The Kier molecular flexibility index (Phi) is 4.09. The van der Waals surface area contributed by atoms with Crippen molar-refractivity contribution in [3.05, 3.63) is 17.3 Å². The topological polar surface area (TPSA) is 101 Å². The molecule has 2 saturated heterocycles. The first kappa shape index (κ1) is 17.5. The number of hydrogen-bond donors (Lipinski definition) is 0. The van der Waals surface area contributed by atoms with Gasteiger partial charge >= 0.3 is 0 Å². The summed E-state index contributed by atoms with van der Waals surface area (Å²) in [6.45, 7) is 4.04. The summed E-state index contributed by atoms with van der Waals surface area (Å²) in [5, 5.41) is 0. The van der Waals surface area contributed by atoms with Gasteiger partial charge in [0.2, 0.25) is 11.7 Å². The quantitative estimate of drug-likeness (QED) is 0.741. The second kappa shape index (κ2) is 6.07. The van der Waals surface area contributed by atoms with Crippen LogP contribution >= 0.6 is 0 Å². The summed E-state index contributed by atoms with van der Waals surface area (Å²) in [4.78, 5) is 33.1. The average molecular weight is 381 g/mol. The summed E-state index contributed by atoms with van der Waals surface area (Å²) < 4.78 is 30.0.